The molecule has 6 heteroatoms. The van der Waals surface area contributed by atoms with Crippen LogP contribution in [0.15, 0.2) is 0 Å². The van der Waals surface area contributed by atoms with Gasteiger partial charge in [-0.1, -0.05) is 0 Å². The molecule has 0 amide bonds. The van der Waals surface area contributed by atoms with Crippen molar-refractivity contribution in [2.75, 3.05) is 34.5 Å². The molecule has 1 saturated heterocycles. The number of hydrogen-bond donors (Lipinski definition) is 0. The van der Waals surface area contributed by atoms with Gasteiger partial charge in [-0.15, -0.1) is 0 Å². The normalized spacial score (nSPS) is 35.1. The highest BCUT2D eigenvalue weighted by Crippen LogP contribution is 2.25. The third-order valence-corrected chi connectivity index (χ3v) is 2.87. The largest absolute Gasteiger partial charge is 0.382 e. The lowest BCUT2D eigenvalue weighted by molar-refractivity contribution is -0.0758. The van der Waals surface area contributed by atoms with E-state index in [2.05, 4.69) is 0 Å². The fourth-order valence-electron chi connectivity index (χ4n) is 1.84. The Morgan fingerprint density at radius 1 is 1.24 bits per heavy atom. The molecule has 0 N–H and O–H groups in total. The van der Waals surface area contributed by atoms with Crippen LogP contribution in [0.3, 0.4) is 0 Å². The molecule has 1 aliphatic rings. The van der Waals surface area contributed by atoms with Crippen LogP contribution in [0, 0.1) is 0 Å². The Kier molecular flexibility index (Phi) is 6.44. The van der Waals surface area contributed by atoms with Crippen LogP contribution in [0.2, 0.25) is 0 Å². The second-order valence-electron chi connectivity index (χ2n) is 4.14. The predicted octanol–water partition coefficient (Wildman–Crippen LogP) is -0.0387. The third kappa shape index (κ3) is 3.93. The molecule has 0 aliphatic carbocycles. The van der Waals surface area contributed by atoms with Crippen molar-refractivity contribution in [1.82, 2.24) is 0 Å². The average Bonchev–Trinajstić information content (AvgIpc) is 2.62. The highest BCUT2D eigenvalue weighted by molar-refractivity contribution is 6.11. The molecule has 1 rings (SSSR count). The van der Waals surface area contributed by atoms with E-state index in [0.29, 0.717) is 13.2 Å². The molecule has 0 aromatic carbocycles. The van der Waals surface area contributed by atoms with Crippen LogP contribution in [-0.2, 0) is 23.7 Å². The Labute approximate surface area is 104 Å². The van der Waals surface area contributed by atoms with Crippen molar-refractivity contribution in [1.29, 1.82) is 0 Å². The maximum absolute atomic E-state index is 5.87. The molecule has 1 unspecified atom stereocenters. The zero-order valence-electron chi connectivity index (χ0n) is 10.9. The number of rotatable bonds is 7. The van der Waals surface area contributed by atoms with E-state index in [-0.39, 0.29) is 24.4 Å². The standard InChI is InChI=1S/C11H21BO5/c1-7(14-3)5-16-10-9(15-4)8(6-13-2)17-11(10)12/h7-11H,5-6H2,1-4H3/t7-,8+,9?,10-,11+/m0/s1. The quantitative estimate of drug-likeness (QED) is 0.588. The van der Waals surface area contributed by atoms with E-state index in [1.165, 1.54) is 0 Å². The maximum atomic E-state index is 5.87. The van der Waals surface area contributed by atoms with Gasteiger partial charge < -0.3 is 23.7 Å². The summed E-state index contributed by atoms with van der Waals surface area (Å²) in [5.74, 6) is 0. The zero-order chi connectivity index (χ0) is 12.8. The highest BCUT2D eigenvalue weighted by Gasteiger charge is 2.43. The van der Waals surface area contributed by atoms with Gasteiger partial charge >= 0.3 is 0 Å². The lowest BCUT2D eigenvalue weighted by Gasteiger charge is -2.23. The summed E-state index contributed by atoms with van der Waals surface area (Å²) in [7, 11) is 10.7. The smallest absolute Gasteiger partial charge is 0.113 e. The van der Waals surface area contributed by atoms with E-state index in [1.807, 2.05) is 6.92 Å². The summed E-state index contributed by atoms with van der Waals surface area (Å²) in [4.78, 5) is 0. The topological polar surface area (TPSA) is 46.2 Å². The number of hydrogen-bond acceptors (Lipinski definition) is 5. The Hall–Kier alpha value is -0.135. The molecule has 1 aliphatic heterocycles. The fourth-order valence-corrected chi connectivity index (χ4v) is 1.84. The van der Waals surface area contributed by atoms with Crippen LogP contribution in [0.5, 0.6) is 0 Å². The number of ether oxygens (including phenoxy) is 5. The molecule has 0 bridgehead atoms. The lowest BCUT2D eigenvalue weighted by atomic mass is 9.92. The minimum Gasteiger partial charge on any atom is -0.382 e. The van der Waals surface area contributed by atoms with Crippen molar-refractivity contribution < 1.29 is 23.7 Å². The monoisotopic (exact) mass is 244 g/mol. The average molecular weight is 244 g/mol. The fraction of sp³-hybridized carbons (Fsp3) is 1.00. The molecule has 1 fully saturated rings. The Morgan fingerprint density at radius 3 is 2.47 bits per heavy atom. The van der Waals surface area contributed by atoms with E-state index in [1.54, 1.807) is 21.3 Å². The van der Waals surface area contributed by atoms with Crippen LogP contribution in [0.1, 0.15) is 6.92 Å². The highest BCUT2D eigenvalue weighted by atomic mass is 16.6. The van der Waals surface area contributed by atoms with Gasteiger partial charge in [0.05, 0.1) is 19.3 Å². The summed E-state index contributed by atoms with van der Waals surface area (Å²) in [6, 6.07) is -0.496. The minimum atomic E-state index is -0.496. The van der Waals surface area contributed by atoms with Gasteiger partial charge in [-0.2, -0.15) is 0 Å². The van der Waals surface area contributed by atoms with Gasteiger partial charge in [-0.3, -0.25) is 0 Å². The van der Waals surface area contributed by atoms with Gasteiger partial charge in [-0.25, -0.2) is 0 Å². The molecule has 0 saturated carbocycles. The van der Waals surface area contributed by atoms with Crippen LogP contribution in [0.4, 0.5) is 0 Å². The SMILES string of the molecule is [B][C@@H]1O[C@H](COC)C(OC)[C@@H]1OC[C@H](C)OC. The van der Waals surface area contributed by atoms with Crippen molar-refractivity contribution in [2.45, 2.75) is 37.3 Å². The minimum absolute atomic E-state index is 0.0150. The molecule has 5 atom stereocenters. The van der Waals surface area contributed by atoms with Crippen LogP contribution in [0.25, 0.3) is 0 Å². The van der Waals surface area contributed by atoms with E-state index in [9.17, 15) is 0 Å². The molecule has 98 valence electrons. The van der Waals surface area contributed by atoms with Gasteiger partial charge in [0.2, 0.25) is 0 Å². The van der Waals surface area contributed by atoms with Crippen LogP contribution < -0.4 is 0 Å². The summed E-state index contributed by atoms with van der Waals surface area (Å²) < 4.78 is 26.8. The molecular weight excluding hydrogens is 223 g/mol. The second kappa shape index (κ2) is 7.33. The van der Waals surface area contributed by atoms with Gasteiger partial charge in [0.1, 0.15) is 26.2 Å². The molecule has 5 nitrogen and oxygen atoms in total. The summed E-state index contributed by atoms with van der Waals surface area (Å²) in [6.45, 7) is 2.82. The summed E-state index contributed by atoms with van der Waals surface area (Å²) >= 11 is 0. The maximum Gasteiger partial charge on any atom is 0.113 e. The van der Waals surface area contributed by atoms with Gasteiger partial charge in [0, 0.05) is 27.3 Å². The molecule has 0 aromatic rings. The van der Waals surface area contributed by atoms with Gasteiger partial charge in [0.25, 0.3) is 0 Å². The molecule has 0 spiro atoms. The van der Waals surface area contributed by atoms with Crippen molar-refractivity contribution in [3.8, 4) is 0 Å². The lowest BCUT2D eigenvalue weighted by Crippen LogP contribution is -2.39. The van der Waals surface area contributed by atoms with Crippen LogP contribution >= 0.6 is 0 Å². The van der Waals surface area contributed by atoms with E-state index in [4.69, 9.17) is 31.5 Å². The van der Waals surface area contributed by atoms with Crippen molar-refractivity contribution in [3.63, 3.8) is 0 Å². The molecular formula is C11H21BO5. The summed E-state index contributed by atoms with van der Waals surface area (Å²) in [5.41, 5.74) is 0. The summed E-state index contributed by atoms with van der Waals surface area (Å²) in [6.07, 6.45) is -0.684. The molecule has 0 aromatic heterocycles. The predicted molar refractivity (Wildman–Crippen MR) is 63.3 cm³/mol. The van der Waals surface area contributed by atoms with E-state index in [0.717, 1.165) is 0 Å². The van der Waals surface area contributed by atoms with E-state index < -0.39 is 6.00 Å². The molecule has 17 heavy (non-hydrogen) atoms. The molecule has 2 radical (unpaired) electrons. The van der Waals surface area contributed by atoms with Crippen molar-refractivity contribution >= 4 is 7.85 Å². The van der Waals surface area contributed by atoms with Crippen molar-refractivity contribution in [3.05, 3.63) is 0 Å². The Balaban J connectivity index is 2.51. The van der Waals surface area contributed by atoms with E-state index >= 15 is 0 Å². The Morgan fingerprint density at radius 2 is 1.94 bits per heavy atom. The first-order valence-electron chi connectivity index (χ1n) is 5.71. The first kappa shape index (κ1) is 14.9. The summed E-state index contributed by atoms with van der Waals surface area (Å²) in [5, 5.41) is 0. The van der Waals surface area contributed by atoms with Gasteiger partial charge in [-0.05, 0) is 6.92 Å². The van der Waals surface area contributed by atoms with Crippen LogP contribution in [-0.4, -0.2) is 72.8 Å². The van der Waals surface area contributed by atoms with Gasteiger partial charge in [0.15, 0.2) is 0 Å². The first-order chi connectivity index (χ1) is 8.13. The first-order valence-corrected chi connectivity index (χ1v) is 5.71. The van der Waals surface area contributed by atoms with Crippen molar-refractivity contribution in [2.24, 2.45) is 0 Å². The molecule has 1 heterocycles. The zero-order valence-corrected chi connectivity index (χ0v) is 10.9. The number of methoxy groups -OCH3 is 3. The second-order valence-corrected chi connectivity index (χ2v) is 4.14. The third-order valence-electron chi connectivity index (χ3n) is 2.87. The Bertz CT molecular complexity index is 216.